The Morgan fingerprint density at radius 2 is 1.94 bits per heavy atom. The van der Waals surface area contributed by atoms with Crippen LogP contribution in [0.1, 0.15) is 44.4 Å². The number of rotatable bonds is 5. The number of amides is 1. The highest BCUT2D eigenvalue weighted by atomic mass is 16.2. The van der Waals surface area contributed by atoms with Crippen molar-refractivity contribution in [3.8, 4) is 0 Å². The zero-order chi connectivity index (χ0) is 13.7. The zero-order valence-electron chi connectivity index (χ0n) is 11.7. The highest BCUT2D eigenvalue weighted by Crippen LogP contribution is 2.17. The van der Waals surface area contributed by atoms with Gasteiger partial charge in [-0.25, -0.2) is 0 Å². The second-order valence-corrected chi connectivity index (χ2v) is 5.00. The van der Waals surface area contributed by atoms with Gasteiger partial charge in [-0.2, -0.15) is 0 Å². The minimum atomic E-state index is -0.429. The van der Waals surface area contributed by atoms with E-state index in [1.54, 1.807) is 0 Å². The van der Waals surface area contributed by atoms with Gasteiger partial charge in [0.25, 0.3) is 0 Å². The molecule has 0 saturated heterocycles. The third kappa shape index (κ3) is 3.57. The summed E-state index contributed by atoms with van der Waals surface area (Å²) in [6.07, 6.45) is 0.910. The van der Waals surface area contributed by atoms with Crippen LogP contribution >= 0.6 is 0 Å². The summed E-state index contributed by atoms with van der Waals surface area (Å²) >= 11 is 0. The molecule has 3 nitrogen and oxygen atoms in total. The molecular formula is C15H24N2O. The molecule has 0 aliphatic rings. The molecule has 1 aromatic rings. The first kappa shape index (κ1) is 14.7. The van der Waals surface area contributed by atoms with E-state index in [-0.39, 0.29) is 17.9 Å². The molecule has 1 amide bonds. The van der Waals surface area contributed by atoms with E-state index in [0.29, 0.717) is 0 Å². The Bertz CT molecular complexity index is 403. The lowest BCUT2D eigenvalue weighted by Gasteiger charge is -2.22. The van der Waals surface area contributed by atoms with Crippen molar-refractivity contribution >= 4 is 5.91 Å². The molecule has 0 aromatic heterocycles. The number of benzene rings is 1. The number of hydrogen-bond donors (Lipinski definition) is 2. The lowest BCUT2D eigenvalue weighted by molar-refractivity contribution is -0.124. The molecule has 3 atom stereocenters. The molecule has 0 radical (unpaired) electrons. The zero-order valence-corrected chi connectivity index (χ0v) is 11.7. The van der Waals surface area contributed by atoms with Gasteiger partial charge in [-0.1, -0.05) is 44.5 Å². The highest BCUT2D eigenvalue weighted by Gasteiger charge is 2.21. The van der Waals surface area contributed by atoms with Crippen LogP contribution in [0.5, 0.6) is 0 Å². The van der Waals surface area contributed by atoms with Crippen LogP contribution in [0.15, 0.2) is 24.3 Å². The fourth-order valence-corrected chi connectivity index (χ4v) is 1.97. The first-order valence-electron chi connectivity index (χ1n) is 6.58. The van der Waals surface area contributed by atoms with Crippen LogP contribution in [0, 0.1) is 12.8 Å². The van der Waals surface area contributed by atoms with Gasteiger partial charge in [0, 0.05) is 0 Å². The van der Waals surface area contributed by atoms with Gasteiger partial charge >= 0.3 is 0 Å². The fraction of sp³-hybridized carbons (Fsp3) is 0.533. The van der Waals surface area contributed by atoms with Crippen LogP contribution in [0.25, 0.3) is 0 Å². The molecule has 0 unspecified atom stereocenters. The summed E-state index contributed by atoms with van der Waals surface area (Å²) in [6, 6.07) is 7.63. The maximum absolute atomic E-state index is 12.0. The van der Waals surface area contributed by atoms with Crippen LogP contribution in [-0.4, -0.2) is 11.9 Å². The van der Waals surface area contributed by atoms with Gasteiger partial charge in [-0.3, -0.25) is 4.79 Å². The molecule has 0 bridgehead atoms. The average molecular weight is 248 g/mol. The van der Waals surface area contributed by atoms with E-state index in [9.17, 15) is 4.79 Å². The molecule has 0 aliphatic heterocycles. The van der Waals surface area contributed by atoms with E-state index in [1.807, 2.05) is 52.0 Å². The predicted octanol–water partition coefficient (Wildman–Crippen LogP) is 2.55. The van der Waals surface area contributed by atoms with Crippen molar-refractivity contribution in [2.75, 3.05) is 0 Å². The summed E-state index contributed by atoms with van der Waals surface area (Å²) in [5.74, 6) is 0.133. The minimum absolute atomic E-state index is 0.00574. The lowest BCUT2D eigenvalue weighted by atomic mass is 9.98. The summed E-state index contributed by atoms with van der Waals surface area (Å²) in [5, 5.41) is 2.99. The van der Waals surface area contributed by atoms with Crippen LogP contribution < -0.4 is 11.1 Å². The van der Waals surface area contributed by atoms with Crippen LogP contribution in [0.4, 0.5) is 0 Å². The molecule has 100 valence electrons. The molecule has 3 heteroatoms. The predicted molar refractivity (Wildman–Crippen MR) is 75.2 cm³/mol. The third-order valence-corrected chi connectivity index (χ3v) is 3.57. The first-order valence-corrected chi connectivity index (χ1v) is 6.58. The standard InChI is InChI=1S/C15H24N2O/c1-5-10(2)14(16)15(18)17-12(4)13-9-7-6-8-11(13)3/h6-10,12,14H,5,16H2,1-4H3,(H,17,18)/t10-,12+,14-/m0/s1. The van der Waals surface area contributed by atoms with Gasteiger partial charge in [-0.05, 0) is 30.9 Å². The van der Waals surface area contributed by atoms with E-state index < -0.39 is 6.04 Å². The van der Waals surface area contributed by atoms with Gasteiger partial charge in [0.05, 0.1) is 12.1 Å². The van der Waals surface area contributed by atoms with Gasteiger partial charge in [0.2, 0.25) is 5.91 Å². The minimum Gasteiger partial charge on any atom is -0.348 e. The summed E-state index contributed by atoms with van der Waals surface area (Å²) in [5.41, 5.74) is 8.25. The van der Waals surface area contributed by atoms with E-state index in [1.165, 1.54) is 5.56 Å². The van der Waals surface area contributed by atoms with Crippen molar-refractivity contribution in [1.29, 1.82) is 0 Å². The monoisotopic (exact) mass is 248 g/mol. The quantitative estimate of drug-likeness (QED) is 0.841. The molecule has 0 saturated carbocycles. The smallest absolute Gasteiger partial charge is 0.237 e. The summed E-state index contributed by atoms with van der Waals surface area (Å²) in [6.45, 7) is 8.08. The Morgan fingerprint density at radius 1 is 1.33 bits per heavy atom. The first-order chi connectivity index (χ1) is 8.47. The van der Waals surface area contributed by atoms with Crippen molar-refractivity contribution in [2.24, 2.45) is 11.7 Å². The average Bonchev–Trinajstić information content (AvgIpc) is 2.37. The second-order valence-electron chi connectivity index (χ2n) is 5.00. The van der Waals surface area contributed by atoms with E-state index >= 15 is 0 Å². The van der Waals surface area contributed by atoms with Gasteiger partial charge in [0.15, 0.2) is 0 Å². The van der Waals surface area contributed by atoms with Crippen LogP contribution in [-0.2, 0) is 4.79 Å². The van der Waals surface area contributed by atoms with Crippen molar-refractivity contribution in [2.45, 2.75) is 46.2 Å². The van der Waals surface area contributed by atoms with Crippen LogP contribution in [0.2, 0.25) is 0 Å². The SMILES string of the molecule is CC[C@H](C)[C@H](N)C(=O)N[C@H](C)c1ccccc1C. The summed E-state index contributed by atoms with van der Waals surface area (Å²) in [4.78, 5) is 12.0. The molecule has 0 fully saturated rings. The topological polar surface area (TPSA) is 55.1 Å². The number of carbonyl (C=O) groups is 1. The van der Waals surface area contributed by atoms with Gasteiger partial charge in [-0.15, -0.1) is 0 Å². The van der Waals surface area contributed by atoms with Gasteiger partial charge < -0.3 is 11.1 Å². The fourth-order valence-electron chi connectivity index (χ4n) is 1.97. The van der Waals surface area contributed by atoms with Crippen LogP contribution in [0.3, 0.4) is 0 Å². The summed E-state index contributed by atoms with van der Waals surface area (Å²) in [7, 11) is 0. The Labute approximate surface area is 110 Å². The second kappa shape index (κ2) is 6.55. The number of nitrogens with two attached hydrogens (primary N) is 1. The molecule has 18 heavy (non-hydrogen) atoms. The molecule has 1 aromatic carbocycles. The van der Waals surface area contributed by atoms with E-state index in [0.717, 1.165) is 12.0 Å². The largest absolute Gasteiger partial charge is 0.348 e. The van der Waals surface area contributed by atoms with Crippen molar-refractivity contribution in [3.63, 3.8) is 0 Å². The Morgan fingerprint density at radius 3 is 2.50 bits per heavy atom. The van der Waals surface area contributed by atoms with Crippen molar-refractivity contribution in [3.05, 3.63) is 35.4 Å². The Kier molecular flexibility index (Phi) is 5.35. The number of hydrogen-bond acceptors (Lipinski definition) is 2. The normalized spacial score (nSPS) is 15.8. The van der Waals surface area contributed by atoms with Gasteiger partial charge in [0.1, 0.15) is 0 Å². The number of aryl methyl sites for hydroxylation is 1. The molecule has 0 heterocycles. The maximum atomic E-state index is 12.0. The molecule has 0 spiro atoms. The molecule has 3 N–H and O–H groups in total. The molecule has 1 rings (SSSR count). The van der Waals surface area contributed by atoms with E-state index in [2.05, 4.69) is 5.32 Å². The summed E-state index contributed by atoms with van der Waals surface area (Å²) < 4.78 is 0. The number of nitrogens with one attached hydrogen (secondary N) is 1. The number of carbonyl (C=O) groups excluding carboxylic acids is 1. The van der Waals surface area contributed by atoms with E-state index in [4.69, 9.17) is 5.73 Å². The highest BCUT2D eigenvalue weighted by molar-refractivity contribution is 5.82. The lowest BCUT2D eigenvalue weighted by Crippen LogP contribution is -2.45. The Balaban J connectivity index is 2.68. The third-order valence-electron chi connectivity index (χ3n) is 3.57. The van der Waals surface area contributed by atoms with Crippen molar-refractivity contribution < 1.29 is 4.79 Å². The Hall–Kier alpha value is -1.35. The van der Waals surface area contributed by atoms with Crippen molar-refractivity contribution in [1.82, 2.24) is 5.32 Å². The molecule has 0 aliphatic carbocycles. The molecular weight excluding hydrogens is 224 g/mol. The maximum Gasteiger partial charge on any atom is 0.237 e.